The van der Waals surface area contributed by atoms with Gasteiger partial charge in [0.15, 0.2) is 0 Å². The summed E-state index contributed by atoms with van der Waals surface area (Å²) in [5.74, 6) is -0.0280. The fourth-order valence-corrected chi connectivity index (χ4v) is 3.54. The molecule has 0 unspecified atom stereocenters. The van der Waals surface area contributed by atoms with Gasteiger partial charge in [-0.2, -0.15) is 0 Å². The highest BCUT2D eigenvalue weighted by atomic mass is 32.1. The van der Waals surface area contributed by atoms with Gasteiger partial charge >= 0.3 is 0 Å². The molecule has 1 amide bonds. The number of hydrogen-bond donors (Lipinski definition) is 1. The minimum Gasteiger partial charge on any atom is -0.337 e. The Morgan fingerprint density at radius 1 is 1.39 bits per heavy atom. The summed E-state index contributed by atoms with van der Waals surface area (Å²) < 4.78 is 0. The summed E-state index contributed by atoms with van der Waals surface area (Å²) >= 11 is 1.68. The molecule has 1 saturated heterocycles. The second kappa shape index (κ2) is 7.14. The summed E-state index contributed by atoms with van der Waals surface area (Å²) in [5.41, 5.74) is 1.52. The number of piperidine rings is 1. The molecule has 1 N–H and O–H groups in total. The van der Waals surface area contributed by atoms with E-state index in [-0.39, 0.29) is 11.9 Å². The lowest BCUT2D eigenvalue weighted by Gasteiger charge is -2.33. The highest BCUT2D eigenvalue weighted by molar-refractivity contribution is 7.09. The molecule has 23 heavy (non-hydrogen) atoms. The van der Waals surface area contributed by atoms with Gasteiger partial charge in [0.2, 0.25) is 0 Å². The molecule has 0 bridgehead atoms. The third kappa shape index (κ3) is 3.92. The van der Waals surface area contributed by atoms with Crippen LogP contribution in [0, 0.1) is 6.92 Å². The maximum Gasteiger partial charge on any atom is 0.274 e. The molecule has 1 atom stereocenters. The number of nitrogens with zero attached hydrogens (tertiary/aromatic N) is 4. The number of rotatable bonds is 4. The first kappa shape index (κ1) is 16.0. The van der Waals surface area contributed by atoms with E-state index in [1.165, 1.54) is 6.20 Å². The van der Waals surface area contributed by atoms with Crippen LogP contribution in [0.3, 0.4) is 0 Å². The van der Waals surface area contributed by atoms with E-state index < -0.39 is 0 Å². The van der Waals surface area contributed by atoms with Gasteiger partial charge in [0, 0.05) is 42.9 Å². The van der Waals surface area contributed by atoms with E-state index >= 15 is 0 Å². The molecule has 1 aliphatic heterocycles. The smallest absolute Gasteiger partial charge is 0.274 e. The van der Waals surface area contributed by atoms with Gasteiger partial charge in [-0.1, -0.05) is 0 Å². The molecular formula is C16H21N5OS. The Bertz CT molecular complexity index is 652. The monoisotopic (exact) mass is 331 g/mol. The third-order valence-corrected chi connectivity index (χ3v) is 4.92. The van der Waals surface area contributed by atoms with Crippen molar-refractivity contribution in [3.63, 3.8) is 0 Å². The van der Waals surface area contributed by atoms with Crippen molar-refractivity contribution < 1.29 is 4.79 Å². The Labute approximate surface area is 140 Å². The van der Waals surface area contributed by atoms with Crippen LogP contribution in [0.15, 0.2) is 24.0 Å². The molecule has 0 radical (unpaired) electrons. The zero-order chi connectivity index (χ0) is 16.2. The standard InChI is InChI=1S/C16H21N5OS/c1-11(15-10-23-12(2)20-15)19-13-3-7-21(8-4-13)16(22)14-9-17-5-6-18-14/h5-6,9-11,13,19H,3-4,7-8H2,1-2H3/t11-/m1/s1. The van der Waals surface area contributed by atoms with Gasteiger partial charge < -0.3 is 10.2 Å². The molecule has 3 rings (SSSR count). The fraction of sp³-hybridized carbons (Fsp3) is 0.500. The summed E-state index contributed by atoms with van der Waals surface area (Å²) in [6.07, 6.45) is 6.55. The molecule has 122 valence electrons. The van der Waals surface area contributed by atoms with E-state index in [1.807, 2.05) is 11.8 Å². The Morgan fingerprint density at radius 3 is 2.78 bits per heavy atom. The summed E-state index contributed by atoms with van der Waals surface area (Å²) in [7, 11) is 0. The molecule has 1 aliphatic rings. The van der Waals surface area contributed by atoms with E-state index in [0.29, 0.717) is 11.7 Å². The lowest BCUT2D eigenvalue weighted by molar-refractivity contribution is 0.0695. The summed E-state index contributed by atoms with van der Waals surface area (Å²) in [6, 6.07) is 0.658. The number of hydrogen-bond acceptors (Lipinski definition) is 6. The highest BCUT2D eigenvalue weighted by Gasteiger charge is 2.25. The zero-order valence-corrected chi connectivity index (χ0v) is 14.2. The van der Waals surface area contributed by atoms with Crippen molar-refractivity contribution in [3.05, 3.63) is 40.4 Å². The minimum atomic E-state index is -0.0280. The van der Waals surface area contributed by atoms with Gasteiger partial charge in [-0.25, -0.2) is 9.97 Å². The average molecular weight is 331 g/mol. The second-order valence-corrected chi connectivity index (χ2v) is 6.90. The minimum absolute atomic E-state index is 0.0280. The van der Waals surface area contributed by atoms with Crippen LogP contribution in [-0.2, 0) is 0 Å². The van der Waals surface area contributed by atoms with Gasteiger partial charge in [-0.05, 0) is 26.7 Å². The maximum atomic E-state index is 12.3. The van der Waals surface area contributed by atoms with E-state index in [2.05, 4.69) is 32.6 Å². The molecule has 3 heterocycles. The van der Waals surface area contributed by atoms with Crippen molar-refractivity contribution in [3.8, 4) is 0 Å². The number of aryl methyl sites for hydroxylation is 1. The molecule has 2 aromatic heterocycles. The molecule has 1 fully saturated rings. The van der Waals surface area contributed by atoms with Gasteiger partial charge in [0.05, 0.1) is 16.9 Å². The molecule has 0 spiro atoms. The predicted octanol–water partition coefficient (Wildman–Crippen LogP) is 2.20. The number of carbonyl (C=O) groups is 1. The van der Waals surface area contributed by atoms with Crippen molar-refractivity contribution >= 4 is 17.2 Å². The molecule has 2 aromatic rings. The molecular weight excluding hydrogens is 310 g/mol. The Balaban J connectivity index is 1.51. The number of aromatic nitrogens is 3. The van der Waals surface area contributed by atoms with Crippen LogP contribution in [-0.4, -0.2) is 44.9 Å². The van der Waals surface area contributed by atoms with Gasteiger partial charge in [-0.3, -0.25) is 9.78 Å². The first-order valence-electron chi connectivity index (χ1n) is 7.87. The predicted molar refractivity (Wildman–Crippen MR) is 89.4 cm³/mol. The number of amides is 1. The van der Waals surface area contributed by atoms with Gasteiger partial charge in [0.25, 0.3) is 5.91 Å². The lowest BCUT2D eigenvalue weighted by atomic mass is 10.0. The van der Waals surface area contributed by atoms with Crippen LogP contribution >= 0.6 is 11.3 Å². The first-order chi connectivity index (χ1) is 11.1. The SMILES string of the molecule is Cc1nc([C@@H](C)NC2CCN(C(=O)c3cnccn3)CC2)cs1. The van der Waals surface area contributed by atoms with Crippen LogP contribution in [0.2, 0.25) is 0 Å². The van der Waals surface area contributed by atoms with E-state index in [0.717, 1.165) is 36.6 Å². The quantitative estimate of drug-likeness (QED) is 0.930. The van der Waals surface area contributed by atoms with E-state index in [9.17, 15) is 4.79 Å². The van der Waals surface area contributed by atoms with Crippen LogP contribution in [0.1, 0.15) is 47.0 Å². The van der Waals surface area contributed by atoms with Crippen molar-refractivity contribution in [2.75, 3.05) is 13.1 Å². The van der Waals surface area contributed by atoms with Crippen molar-refractivity contribution in [2.24, 2.45) is 0 Å². The summed E-state index contributed by atoms with van der Waals surface area (Å²) in [5, 5.41) is 6.83. The number of likely N-dealkylation sites (tertiary alicyclic amines) is 1. The summed E-state index contributed by atoms with van der Waals surface area (Å²) in [4.78, 5) is 26.8. The topological polar surface area (TPSA) is 71.0 Å². The van der Waals surface area contributed by atoms with Crippen LogP contribution < -0.4 is 5.32 Å². The van der Waals surface area contributed by atoms with Crippen LogP contribution in [0.5, 0.6) is 0 Å². The van der Waals surface area contributed by atoms with Crippen molar-refractivity contribution in [2.45, 2.75) is 38.8 Å². The Morgan fingerprint density at radius 2 is 2.17 bits per heavy atom. The highest BCUT2D eigenvalue weighted by Crippen LogP contribution is 2.19. The van der Waals surface area contributed by atoms with Crippen LogP contribution in [0.4, 0.5) is 0 Å². The van der Waals surface area contributed by atoms with Gasteiger partial charge in [0.1, 0.15) is 5.69 Å². The Hall–Kier alpha value is -1.86. The third-order valence-electron chi connectivity index (χ3n) is 4.13. The lowest BCUT2D eigenvalue weighted by Crippen LogP contribution is -2.45. The molecule has 0 saturated carbocycles. The normalized spacial score (nSPS) is 17.2. The first-order valence-corrected chi connectivity index (χ1v) is 8.75. The molecule has 0 aromatic carbocycles. The average Bonchev–Trinajstić information content (AvgIpc) is 3.02. The number of thiazole rings is 1. The maximum absolute atomic E-state index is 12.3. The fourth-order valence-electron chi connectivity index (χ4n) is 2.84. The van der Waals surface area contributed by atoms with Gasteiger partial charge in [-0.15, -0.1) is 11.3 Å². The van der Waals surface area contributed by atoms with E-state index in [4.69, 9.17) is 0 Å². The van der Waals surface area contributed by atoms with E-state index in [1.54, 1.807) is 23.7 Å². The van der Waals surface area contributed by atoms with Crippen molar-refractivity contribution in [1.29, 1.82) is 0 Å². The number of carbonyl (C=O) groups excluding carboxylic acids is 1. The van der Waals surface area contributed by atoms with Crippen molar-refractivity contribution in [1.82, 2.24) is 25.2 Å². The number of nitrogens with one attached hydrogen (secondary N) is 1. The summed E-state index contributed by atoms with van der Waals surface area (Å²) in [6.45, 7) is 5.66. The molecule has 6 nitrogen and oxygen atoms in total. The largest absolute Gasteiger partial charge is 0.337 e. The Kier molecular flexibility index (Phi) is 4.97. The zero-order valence-electron chi connectivity index (χ0n) is 13.4. The van der Waals surface area contributed by atoms with Crippen LogP contribution in [0.25, 0.3) is 0 Å². The second-order valence-electron chi connectivity index (χ2n) is 5.84. The molecule has 7 heteroatoms. The molecule has 0 aliphatic carbocycles.